The zero-order valence-electron chi connectivity index (χ0n) is 19.1. The van der Waals surface area contributed by atoms with Crippen LogP contribution in [0.3, 0.4) is 0 Å². The lowest BCUT2D eigenvalue weighted by atomic mass is 9.71. The summed E-state index contributed by atoms with van der Waals surface area (Å²) in [6, 6.07) is -1.19. The Morgan fingerprint density at radius 3 is 2.71 bits per heavy atom. The van der Waals surface area contributed by atoms with Crippen molar-refractivity contribution in [2.75, 3.05) is 19.8 Å². The number of aliphatic hydroxyl groups is 1. The Hall–Kier alpha value is -1.54. The lowest BCUT2D eigenvalue weighted by molar-refractivity contribution is -0.154. The minimum Gasteiger partial charge on any atom is -0.466 e. The number of hydrogen-bond acceptors (Lipinski definition) is 6. The molecule has 7 atom stereocenters. The molecule has 0 saturated carbocycles. The summed E-state index contributed by atoms with van der Waals surface area (Å²) in [5.41, 5.74) is 0. The lowest BCUT2D eigenvalue weighted by Crippen LogP contribution is -2.58. The van der Waals surface area contributed by atoms with E-state index in [0.29, 0.717) is 13.0 Å². The van der Waals surface area contributed by atoms with Gasteiger partial charge in [-0.3, -0.25) is 14.4 Å². The standard InChI is InChI=1S/C23H36N2O5S/c1-6-9-14(4)24(12-7-2)21(28)19-23-11-10-16(31-23)17(22(29)30-8-3)18(23)20(27)25(19)15(5)13-26/h7,14-19,26H,2,6,8-13H2,1,3-5H3/t14?,15-,16-,17+,18+,19?,23?/m1/s1. The zero-order valence-corrected chi connectivity index (χ0v) is 19.9. The van der Waals surface area contributed by atoms with E-state index < -0.39 is 28.7 Å². The average molecular weight is 453 g/mol. The van der Waals surface area contributed by atoms with Gasteiger partial charge in [-0.1, -0.05) is 19.4 Å². The number of carbonyl (C=O) groups excluding carboxylic acids is 3. The molecule has 8 heteroatoms. The average Bonchev–Trinajstić information content (AvgIpc) is 3.38. The van der Waals surface area contributed by atoms with E-state index >= 15 is 0 Å². The third-order valence-corrected chi connectivity index (χ3v) is 9.07. The number of fused-ring (bicyclic) bond motifs is 1. The number of ether oxygens (including phenoxy) is 1. The normalized spacial score (nSPS) is 33.2. The molecule has 174 valence electrons. The predicted octanol–water partition coefficient (Wildman–Crippen LogP) is 2.22. The van der Waals surface area contributed by atoms with Crippen LogP contribution in [0.1, 0.15) is 53.4 Å². The van der Waals surface area contributed by atoms with Gasteiger partial charge in [0.2, 0.25) is 11.8 Å². The summed E-state index contributed by atoms with van der Waals surface area (Å²) < 4.78 is 4.68. The molecule has 3 heterocycles. The molecular formula is C23H36N2O5S. The monoisotopic (exact) mass is 452 g/mol. The van der Waals surface area contributed by atoms with Crippen LogP contribution in [0.15, 0.2) is 12.7 Å². The fraction of sp³-hybridized carbons (Fsp3) is 0.783. The Bertz CT molecular complexity index is 731. The van der Waals surface area contributed by atoms with Gasteiger partial charge in [-0.2, -0.15) is 0 Å². The molecular weight excluding hydrogens is 416 g/mol. The van der Waals surface area contributed by atoms with E-state index in [4.69, 9.17) is 4.74 Å². The minimum atomic E-state index is -0.694. The van der Waals surface area contributed by atoms with E-state index in [2.05, 4.69) is 13.5 Å². The predicted molar refractivity (Wildman–Crippen MR) is 120 cm³/mol. The Balaban J connectivity index is 2.05. The first-order valence-corrected chi connectivity index (χ1v) is 12.4. The molecule has 3 unspecified atom stereocenters. The van der Waals surface area contributed by atoms with Crippen LogP contribution in [0.25, 0.3) is 0 Å². The number of aliphatic hydroxyl groups excluding tert-OH is 1. The topological polar surface area (TPSA) is 87.2 Å². The summed E-state index contributed by atoms with van der Waals surface area (Å²) in [6.07, 6.45) is 5.01. The summed E-state index contributed by atoms with van der Waals surface area (Å²) in [6.45, 7) is 11.9. The van der Waals surface area contributed by atoms with Crippen LogP contribution in [0.5, 0.6) is 0 Å². The number of carbonyl (C=O) groups is 3. The molecule has 2 amide bonds. The Morgan fingerprint density at radius 2 is 2.13 bits per heavy atom. The van der Waals surface area contributed by atoms with Crippen LogP contribution >= 0.6 is 11.8 Å². The van der Waals surface area contributed by atoms with Gasteiger partial charge in [0.05, 0.1) is 35.8 Å². The summed E-state index contributed by atoms with van der Waals surface area (Å²) >= 11 is 1.63. The number of thioether (sulfide) groups is 1. The maximum absolute atomic E-state index is 14.0. The van der Waals surface area contributed by atoms with E-state index in [-0.39, 0.29) is 42.3 Å². The molecule has 3 aliphatic heterocycles. The van der Waals surface area contributed by atoms with Gasteiger partial charge in [-0.25, -0.2) is 0 Å². The van der Waals surface area contributed by atoms with Gasteiger partial charge in [0.1, 0.15) is 6.04 Å². The van der Waals surface area contributed by atoms with Crippen molar-refractivity contribution < 1.29 is 24.2 Å². The molecule has 3 aliphatic rings. The van der Waals surface area contributed by atoms with Crippen molar-refractivity contribution in [1.82, 2.24) is 9.80 Å². The molecule has 3 saturated heterocycles. The van der Waals surface area contributed by atoms with E-state index in [1.807, 2.05) is 11.8 Å². The first kappa shape index (κ1) is 24.1. The SMILES string of the molecule is C=CCN(C(=O)C1N([C@H](C)CO)C(=O)[C@@H]2[C@@H](C(=O)OCC)[C@H]3CCC12S3)C(C)CCC. The first-order valence-electron chi connectivity index (χ1n) is 11.5. The van der Waals surface area contributed by atoms with Crippen LogP contribution in [-0.2, 0) is 19.1 Å². The van der Waals surface area contributed by atoms with Crippen molar-refractivity contribution >= 4 is 29.5 Å². The second-order valence-electron chi connectivity index (χ2n) is 9.00. The highest BCUT2D eigenvalue weighted by Crippen LogP contribution is 2.66. The number of esters is 1. The van der Waals surface area contributed by atoms with Crippen molar-refractivity contribution in [2.24, 2.45) is 11.8 Å². The van der Waals surface area contributed by atoms with Crippen LogP contribution in [0.2, 0.25) is 0 Å². The lowest BCUT2D eigenvalue weighted by Gasteiger charge is -2.40. The highest BCUT2D eigenvalue weighted by molar-refractivity contribution is 8.02. The Morgan fingerprint density at radius 1 is 1.42 bits per heavy atom. The number of rotatable bonds is 10. The van der Waals surface area contributed by atoms with E-state index in [1.54, 1.807) is 36.6 Å². The maximum atomic E-state index is 14.0. The smallest absolute Gasteiger partial charge is 0.310 e. The molecule has 31 heavy (non-hydrogen) atoms. The van der Waals surface area contributed by atoms with E-state index in [1.165, 1.54) is 0 Å². The largest absolute Gasteiger partial charge is 0.466 e. The molecule has 0 aromatic rings. The minimum absolute atomic E-state index is 0.00389. The second kappa shape index (κ2) is 9.53. The molecule has 0 radical (unpaired) electrons. The highest BCUT2D eigenvalue weighted by atomic mass is 32.2. The highest BCUT2D eigenvalue weighted by Gasteiger charge is 2.74. The molecule has 0 aromatic heterocycles. The quantitative estimate of drug-likeness (QED) is 0.404. The van der Waals surface area contributed by atoms with Crippen LogP contribution in [0, 0.1) is 11.8 Å². The van der Waals surface area contributed by atoms with Gasteiger partial charge in [-0.05, 0) is 40.0 Å². The van der Waals surface area contributed by atoms with Crippen molar-refractivity contribution in [2.45, 2.75) is 81.5 Å². The van der Waals surface area contributed by atoms with Gasteiger partial charge < -0.3 is 19.6 Å². The molecule has 0 aromatic carbocycles. The molecule has 3 rings (SSSR count). The van der Waals surface area contributed by atoms with Gasteiger partial charge in [-0.15, -0.1) is 18.3 Å². The maximum Gasteiger partial charge on any atom is 0.310 e. The first-order chi connectivity index (χ1) is 14.8. The van der Waals surface area contributed by atoms with E-state index in [9.17, 15) is 19.5 Å². The number of nitrogens with zero attached hydrogens (tertiary/aromatic N) is 2. The molecule has 7 nitrogen and oxygen atoms in total. The summed E-state index contributed by atoms with van der Waals surface area (Å²) in [4.78, 5) is 43.9. The summed E-state index contributed by atoms with van der Waals surface area (Å²) in [5, 5.41) is 9.90. The number of likely N-dealkylation sites (tertiary alicyclic amines) is 1. The second-order valence-corrected chi connectivity index (χ2v) is 10.6. The van der Waals surface area contributed by atoms with Crippen LogP contribution in [-0.4, -0.2) is 80.6 Å². The van der Waals surface area contributed by atoms with Crippen LogP contribution < -0.4 is 0 Å². The molecule has 0 aliphatic carbocycles. The van der Waals surface area contributed by atoms with Gasteiger partial charge in [0.25, 0.3) is 0 Å². The Labute approximate surface area is 189 Å². The van der Waals surface area contributed by atoms with Crippen molar-refractivity contribution in [3.8, 4) is 0 Å². The Kier molecular flexibility index (Phi) is 7.41. The molecule has 2 bridgehead atoms. The fourth-order valence-corrected chi connectivity index (χ4v) is 7.98. The molecule has 3 fully saturated rings. The summed E-state index contributed by atoms with van der Waals surface area (Å²) in [7, 11) is 0. The van der Waals surface area contributed by atoms with Crippen molar-refractivity contribution in [3.05, 3.63) is 12.7 Å². The third-order valence-electron chi connectivity index (χ3n) is 7.12. The number of hydrogen-bond donors (Lipinski definition) is 1. The summed E-state index contributed by atoms with van der Waals surface area (Å²) in [5.74, 6) is -1.75. The van der Waals surface area contributed by atoms with Gasteiger partial charge in [0, 0.05) is 17.8 Å². The van der Waals surface area contributed by atoms with Gasteiger partial charge >= 0.3 is 5.97 Å². The zero-order chi connectivity index (χ0) is 22.9. The van der Waals surface area contributed by atoms with Gasteiger partial charge in [0.15, 0.2) is 0 Å². The molecule has 1 N–H and O–H groups in total. The van der Waals surface area contributed by atoms with Crippen LogP contribution in [0.4, 0.5) is 0 Å². The van der Waals surface area contributed by atoms with E-state index in [0.717, 1.165) is 19.3 Å². The van der Waals surface area contributed by atoms with Crippen molar-refractivity contribution in [3.63, 3.8) is 0 Å². The van der Waals surface area contributed by atoms with Crippen molar-refractivity contribution in [1.29, 1.82) is 0 Å². The number of amides is 2. The third kappa shape index (κ3) is 3.80. The fourth-order valence-electron chi connectivity index (χ4n) is 5.80. The molecule has 1 spiro atoms.